The van der Waals surface area contributed by atoms with Crippen molar-refractivity contribution in [2.45, 2.75) is 13.0 Å². The molecular weight excluding hydrogens is 276 g/mol. The molecule has 3 heterocycles. The van der Waals surface area contributed by atoms with Gasteiger partial charge in [0, 0.05) is 26.2 Å². The average molecular weight is 292 g/mol. The number of piperazine rings is 1. The van der Waals surface area contributed by atoms with Gasteiger partial charge in [-0.15, -0.1) is 14.8 Å². The van der Waals surface area contributed by atoms with E-state index in [1.54, 1.807) is 0 Å². The van der Waals surface area contributed by atoms with Crippen molar-refractivity contribution in [1.29, 1.82) is 0 Å². The molecule has 20 heavy (non-hydrogen) atoms. The normalized spacial score (nSPS) is 18.4. The molecule has 3 rings (SSSR count). The number of rotatable bonds is 3. The SMILES string of the molecule is CC(C(N)=S)N1CCN(c2ccc3nnnn3n2)CC1. The molecular formula is C11H16N8S. The molecule has 2 N–H and O–H groups in total. The Labute approximate surface area is 121 Å². The number of nitrogens with zero attached hydrogens (tertiary/aromatic N) is 7. The van der Waals surface area contributed by atoms with E-state index in [9.17, 15) is 0 Å². The van der Waals surface area contributed by atoms with Gasteiger partial charge in [-0.3, -0.25) is 4.90 Å². The zero-order chi connectivity index (χ0) is 14.1. The smallest absolute Gasteiger partial charge is 0.200 e. The van der Waals surface area contributed by atoms with Crippen LogP contribution < -0.4 is 10.6 Å². The van der Waals surface area contributed by atoms with Crippen molar-refractivity contribution in [3.63, 3.8) is 0 Å². The van der Waals surface area contributed by atoms with Gasteiger partial charge in [-0.2, -0.15) is 0 Å². The summed E-state index contributed by atoms with van der Waals surface area (Å²) in [5.74, 6) is 0.882. The van der Waals surface area contributed by atoms with Crippen LogP contribution in [0.5, 0.6) is 0 Å². The maximum absolute atomic E-state index is 5.70. The molecule has 0 aliphatic carbocycles. The maximum atomic E-state index is 5.70. The Morgan fingerprint density at radius 3 is 2.75 bits per heavy atom. The van der Waals surface area contributed by atoms with Crippen LogP contribution in [0.2, 0.25) is 0 Å². The summed E-state index contributed by atoms with van der Waals surface area (Å²) in [5.41, 5.74) is 6.35. The molecule has 106 valence electrons. The van der Waals surface area contributed by atoms with Crippen LogP contribution in [-0.4, -0.2) is 67.4 Å². The summed E-state index contributed by atoms with van der Waals surface area (Å²) in [6, 6.07) is 3.95. The molecule has 1 aliphatic heterocycles. The zero-order valence-electron chi connectivity index (χ0n) is 11.2. The third kappa shape index (κ3) is 2.41. The molecule has 1 saturated heterocycles. The highest BCUT2D eigenvalue weighted by molar-refractivity contribution is 7.80. The van der Waals surface area contributed by atoms with Gasteiger partial charge in [-0.1, -0.05) is 12.2 Å². The summed E-state index contributed by atoms with van der Waals surface area (Å²) in [7, 11) is 0. The van der Waals surface area contributed by atoms with Crippen LogP contribution in [0, 0.1) is 0 Å². The van der Waals surface area contributed by atoms with Gasteiger partial charge in [0.15, 0.2) is 11.5 Å². The third-order valence-corrected chi connectivity index (χ3v) is 3.99. The first-order valence-corrected chi connectivity index (χ1v) is 6.90. The van der Waals surface area contributed by atoms with Crippen LogP contribution in [0.1, 0.15) is 6.92 Å². The molecule has 9 heteroatoms. The van der Waals surface area contributed by atoms with Crippen LogP contribution in [0.15, 0.2) is 12.1 Å². The minimum Gasteiger partial charge on any atom is -0.392 e. The van der Waals surface area contributed by atoms with E-state index < -0.39 is 0 Å². The van der Waals surface area contributed by atoms with E-state index in [1.807, 2.05) is 19.1 Å². The topological polar surface area (TPSA) is 88.5 Å². The molecule has 0 amide bonds. The van der Waals surface area contributed by atoms with E-state index in [0.29, 0.717) is 10.6 Å². The molecule has 0 spiro atoms. The lowest BCUT2D eigenvalue weighted by atomic mass is 10.2. The van der Waals surface area contributed by atoms with Gasteiger partial charge >= 0.3 is 0 Å². The summed E-state index contributed by atoms with van der Waals surface area (Å²) in [4.78, 5) is 5.05. The Hall–Kier alpha value is -1.87. The Balaban J connectivity index is 1.69. The Bertz CT molecular complexity index is 618. The molecule has 0 radical (unpaired) electrons. The molecule has 1 atom stereocenters. The van der Waals surface area contributed by atoms with Crippen LogP contribution >= 0.6 is 12.2 Å². The van der Waals surface area contributed by atoms with Crippen molar-refractivity contribution >= 4 is 28.7 Å². The van der Waals surface area contributed by atoms with Gasteiger partial charge in [-0.25, -0.2) is 0 Å². The van der Waals surface area contributed by atoms with E-state index in [4.69, 9.17) is 18.0 Å². The van der Waals surface area contributed by atoms with Crippen molar-refractivity contribution in [2.75, 3.05) is 31.1 Å². The number of anilines is 1. The largest absolute Gasteiger partial charge is 0.392 e. The summed E-state index contributed by atoms with van der Waals surface area (Å²) in [6.07, 6.45) is 0. The first-order valence-electron chi connectivity index (χ1n) is 6.49. The minimum atomic E-state index is 0.141. The Kier molecular flexibility index (Phi) is 3.45. The number of tetrazole rings is 1. The van der Waals surface area contributed by atoms with Crippen molar-refractivity contribution in [3.8, 4) is 0 Å². The molecule has 2 aromatic rings. The minimum absolute atomic E-state index is 0.141. The molecule has 1 aliphatic rings. The number of aromatic nitrogens is 5. The highest BCUT2D eigenvalue weighted by Crippen LogP contribution is 2.14. The fourth-order valence-corrected chi connectivity index (χ4v) is 2.48. The zero-order valence-corrected chi connectivity index (χ0v) is 12.0. The van der Waals surface area contributed by atoms with E-state index in [-0.39, 0.29) is 6.04 Å². The van der Waals surface area contributed by atoms with Crippen LogP contribution in [-0.2, 0) is 0 Å². The number of hydrogen-bond donors (Lipinski definition) is 1. The molecule has 2 aromatic heterocycles. The molecule has 0 bridgehead atoms. The predicted molar refractivity (Wildman–Crippen MR) is 78.6 cm³/mol. The van der Waals surface area contributed by atoms with Gasteiger partial charge < -0.3 is 10.6 Å². The lowest BCUT2D eigenvalue weighted by molar-refractivity contribution is 0.238. The second-order valence-corrected chi connectivity index (χ2v) is 5.29. The fraction of sp³-hybridized carbons (Fsp3) is 0.545. The van der Waals surface area contributed by atoms with Gasteiger partial charge in [0.25, 0.3) is 0 Å². The molecule has 1 fully saturated rings. The molecule has 0 aromatic carbocycles. The summed E-state index contributed by atoms with van der Waals surface area (Å²) >= 11 is 5.05. The Morgan fingerprint density at radius 2 is 2.05 bits per heavy atom. The average Bonchev–Trinajstić information content (AvgIpc) is 2.94. The predicted octanol–water partition coefficient (Wildman–Crippen LogP) is -0.684. The standard InChI is InChI=1S/C11H16N8S/c1-8(11(12)20)17-4-6-18(7-5-17)10-3-2-9-13-15-16-19(9)14-10/h2-3,8H,4-7H2,1H3,(H2,12,20). The van der Waals surface area contributed by atoms with Gasteiger partial charge in [-0.05, 0) is 29.5 Å². The van der Waals surface area contributed by atoms with Crippen LogP contribution in [0.25, 0.3) is 5.65 Å². The van der Waals surface area contributed by atoms with E-state index in [0.717, 1.165) is 32.0 Å². The first kappa shape index (κ1) is 13.1. The molecule has 0 saturated carbocycles. The van der Waals surface area contributed by atoms with Crippen molar-refractivity contribution in [2.24, 2.45) is 5.73 Å². The van der Waals surface area contributed by atoms with Crippen molar-refractivity contribution in [3.05, 3.63) is 12.1 Å². The quantitative estimate of drug-likeness (QED) is 0.744. The van der Waals surface area contributed by atoms with Gasteiger partial charge in [0.2, 0.25) is 0 Å². The summed E-state index contributed by atoms with van der Waals surface area (Å²) in [6.45, 7) is 5.63. The Morgan fingerprint density at radius 1 is 1.30 bits per heavy atom. The van der Waals surface area contributed by atoms with Crippen LogP contribution in [0.3, 0.4) is 0 Å². The lowest BCUT2D eigenvalue weighted by Crippen LogP contribution is -2.53. The number of thiocarbonyl (C=S) groups is 1. The summed E-state index contributed by atoms with van der Waals surface area (Å²) < 4.78 is 1.44. The van der Waals surface area contributed by atoms with E-state index in [1.165, 1.54) is 4.63 Å². The van der Waals surface area contributed by atoms with E-state index in [2.05, 4.69) is 30.4 Å². The van der Waals surface area contributed by atoms with Gasteiger partial charge in [0.1, 0.15) is 0 Å². The number of hydrogen-bond acceptors (Lipinski definition) is 7. The molecule has 8 nitrogen and oxygen atoms in total. The maximum Gasteiger partial charge on any atom is 0.200 e. The van der Waals surface area contributed by atoms with Crippen LogP contribution in [0.4, 0.5) is 5.82 Å². The molecule has 1 unspecified atom stereocenters. The highest BCUT2D eigenvalue weighted by Gasteiger charge is 2.23. The third-order valence-electron chi connectivity index (χ3n) is 3.65. The van der Waals surface area contributed by atoms with Crippen molar-refractivity contribution in [1.82, 2.24) is 30.2 Å². The van der Waals surface area contributed by atoms with E-state index >= 15 is 0 Å². The lowest BCUT2D eigenvalue weighted by Gasteiger charge is -2.38. The van der Waals surface area contributed by atoms with Crippen molar-refractivity contribution < 1.29 is 0 Å². The highest BCUT2D eigenvalue weighted by atomic mass is 32.1. The monoisotopic (exact) mass is 292 g/mol. The second kappa shape index (κ2) is 5.25. The number of fused-ring (bicyclic) bond motifs is 1. The summed E-state index contributed by atoms with van der Waals surface area (Å²) in [5, 5.41) is 15.6. The van der Waals surface area contributed by atoms with Gasteiger partial charge in [0.05, 0.1) is 11.0 Å². The number of nitrogens with two attached hydrogens (primary N) is 1. The fourth-order valence-electron chi connectivity index (χ4n) is 2.33. The second-order valence-electron chi connectivity index (χ2n) is 4.82. The first-order chi connectivity index (χ1) is 9.65.